The Bertz CT molecular complexity index is 386. The Morgan fingerprint density at radius 3 is 2.80 bits per heavy atom. The summed E-state index contributed by atoms with van der Waals surface area (Å²) in [6.07, 6.45) is 1.17. The van der Waals surface area contributed by atoms with Crippen molar-refractivity contribution in [3.05, 3.63) is 35.9 Å². The molecule has 1 heterocycles. The Morgan fingerprint density at radius 2 is 2.13 bits per heavy atom. The largest absolute Gasteiger partial charge is 0.370 e. The summed E-state index contributed by atoms with van der Waals surface area (Å²) >= 11 is 0. The average Bonchev–Trinajstić information content (AvgIpc) is 2.17. The Kier molecular flexibility index (Phi) is 2.67. The fourth-order valence-corrected chi connectivity index (χ4v) is 1.69. The van der Waals surface area contributed by atoms with Crippen LogP contribution in [0, 0.1) is 0 Å². The van der Waals surface area contributed by atoms with Crippen molar-refractivity contribution in [2.24, 2.45) is 10.7 Å². The van der Waals surface area contributed by atoms with Crippen molar-refractivity contribution in [1.29, 1.82) is 0 Å². The van der Waals surface area contributed by atoms with Gasteiger partial charge in [0.15, 0.2) is 5.96 Å². The SMILES string of the molecule is NC1=NC(Cc2ccccc2)CC(=O)N1. The molecule has 0 spiro atoms. The highest BCUT2D eigenvalue weighted by molar-refractivity contribution is 5.98. The number of carbonyl (C=O) groups excluding carboxylic acids is 1. The highest BCUT2D eigenvalue weighted by atomic mass is 16.1. The van der Waals surface area contributed by atoms with Crippen LogP contribution >= 0.6 is 0 Å². The summed E-state index contributed by atoms with van der Waals surface area (Å²) in [4.78, 5) is 15.4. The number of hydrogen-bond donors (Lipinski definition) is 2. The zero-order valence-corrected chi connectivity index (χ0v) is 8.31. The summed E-state index contributed by atoms with van der Waals surface area (Å²) in [6, 6.07) is 9.95. The van der Waals surface area contributed by atoms with Crippen LogP contribution < -0.4 is 11.1 Å². The lowest BCUT2D eigenvalue weighted by molar-refractivity contribution is -0.120. The van der Waals surface area contributed by atoms with Crippen LogP contribution in [0.3, 0.4) is 0 Å². The molecule has 0 aromatic heterocycles. The summed E-state index contributed by atoms with van der Waals surface area (Å²) in [5.74, 6) is 0.176. The van der Waals surface area contributed by atoms with Crippen LogP contribution in [0.15, 0.2) is 35.3 Å². The highest BCUT2D eigenvalue weighted by Crippen LogP contribution is 2.10. The molecule has 1 aliphatic heterocycles. The molecule has 4 heteroatoms. The van der Waals surface area contributed by atoms with Crippen molar-refractivity contribution in [3.8, 4) is 0 Å². The quantitative estimate of drug-likeness (QED) is 0.732. The first-order valence-corrected chi connectivity index (χ1v) is 4.91. The number of hydrogen-bond acceptors (Lipinski definition) is 3. The van der Waals surface area contributed by atoms with Crippen LogP contribution in [-0.2, 0) is 11.2 Å². The molecule has 1 aromatic rings. The second kappa shape index (κ2) is 4.13. The lowest BCUT2D eigenvalue weighted by atomic mass is 10.0. The first-order chi connectivity index (χ1) is 7.24. The molecule has 0 bridgehead atoms. The van der Waals surface area contributed by atoms with Gasteiger partial charge in [-0.1, -0.05) is 30.3 Å². The van der Waals surface area contributed by atoms with Gasteiger partial charge >= 0.3 is 0 Å². The third kappa shape index (κ3) is 2.56. The summed E-state index contributed by atoms with van der Waals surface area (Å²) in [7, 11) is 0. The summed E-state index contributed by atoms with van der Waals surface area (Å²) in [5.41, 5.74) is 6.66. The number of benzene rings is 1. The Labute approximate surface area is 88.2 Å². The molecule has 0 saturated heterocycles. The van der Waals surface area contributed by atoms with Gasteiger partial charge in [-0.25, -0.2) is 4.99 Å². The van der Waals surface area contributed by atoms with Gasteiger partial charge in [-0.2, -0.15) is 0 Å². The minimum absolute atomic E-state index is 0.0267. The zero-order valence-electron chi connectivity index (χ0n) is 8.31. The van der Waals surface area contributed by atoms with Crippen molar-refractivity contribution in [2.75, 3.05) is 0 Å². The van der Waals surface area contributed by atoms with E-state index in [0.717, 1.165) is 6.42 Å². The predicted molar refractivity (Wildman–Crippen MR) is 58.3 cm³/mol. The Hall–Kier alpha value is -1.84. The minimum atomic E-state index is -0.0524. The Morgan fingerprint density at radius 1 is 1.40 bits per heavy atom. The van der Waals surface area contributed by atoms with Gasteiger partial charge in [-0.15, -0.1) is 0 Å². The molecule has 0 aliphatic carbocycles. The van der Waals surface area contributed by atoms with Gasteiger partial charge < -0.3 is 5.73 Å². The van der Waals surface area contributed by atoms with Gasteiger partial charge in [0.25, 0.3) is 0 Å². The van der Waals surface area contributed by atoms with Crippen LogP contribution in [0.5, 0.6) is 0 Å². The number of guanidine groups is 1. The molecular formula is C11H13N3O. The van der Waals surface area contributed by atoms with Crippen molar-refractivity contribution in [1.82, 2.24) is 5.32 Å². The number of aliphatic imine (C=N–C) groups is 1. The van der Waals surface area contributed by atoms with Crippen LogP contribution in [0.25, 0.3) is 0 Å². The highest BCUT2D eigenvalue weighted by Gasteiger charge is 2.19. The standard InChI is InChI=1S/C11H13N3O/c12-11-13-9(7-10(15)14-11)6-8-4-2-1-3-5-8/h1-5,9H,6-7H2,(H3,12,13,14,15). The molecule has 2 rings (SSSR count). The molecular weight excluding hydrogens is 190 g/mol. The summed E-state index contributed by atoms with van der Waals surface area (Å²) in [6.45, 7) is 0. The lowest BCUT2D eigenvalue weighted by Gasteiger charge is -2.18. The van der Waals surface area contributed by atoms with Gasteiger partial charge in [-0.05, 0) is 12.0 Å². The van der Waals surface area contributed by atoms with E-state index < -0.39 is 0 Å². The molecule has 0 radical (unpaired) electrons. The van der Waals surface area contributed by atoms with Gasteiger partial charge in [0, 0.05) is 6.42 Å². The van der Waals surface area contributed by atoms with Crippen LogP contribution in [0.2, 0.25) is 0 Å². The molecule has 1 unspecified atom stereocenters. The lowest BCUT2D eigenvalue weighted by Crippen LogP contribution is -2.43. The summed E-state index contributed by atoms with van der Waals surface area (Å²) in [5, 5.41) is 2.48. The van der Waals surface area contributed by atoms with Crippen molar-refractivity contribution in [3.63, 3.8) is 0 Å². The molecule has 1 atom stereocenters. The number of nitrogens with one attached hydrogen (secondary N) is 1. The molecule has 78 valence electrons. The topological polar surface area (TPSA) is 67.5 Å². The van der Waals surface area contributed by atoms with E-state index in [4.69, 9.17) is 5.73 Å². The van der Waals surface area contributed by atoms with Gasteiger partial charge in [0.05, 0.1) is 6.04 Å². The minimum Gasteiger partial charge on any atom is -0.370 e. The second-order valence-corrected chi connectivity index (χ2v) is 3.61. The monoisotopic (exact) mass is 203 g/mol. The van der Waals surface area contributed by atoms with Gasteiger partial charge in [0.2, 0.25) is 5.91 Å². The first kappa shape index (κ1) is 9.71. The van der Waals surface area contributed by atoms with E-state index in [0.29, 0.717) is 6.42 Å². The smallest absolute Gasteiger partial charge is 0.228 e. The van der Waals surface area contributed by atoms with Gasteiger partial charge in [0.1, 0.15) is 0 Å². The van der Waals surface area contributed by atoms with Crippen molar-refractivity contribution >= 4 is 11.9 Å². The maximum absolute atomic E-state index is 11.2. The van der Waals surface area contributed by atoms with Crippen molar-refractivity contribution < 1.29 is 4.79 Å². The van der Waals surface area contributed by atoms with Crippen LogP contribution in [-0.4, -0.2) is 17.9 Å². The maximum Gasteiger partial charge on any atom is 0.228 e. The number of amides is 1. The van der Waals surface area contributed by atoms with E-state index in [2.05, 4.69) is 10.3 Å². The third-order valence-electron chi connectivity index (χ3n) is 2.32. The van der Waals surface area contributed by atoms with E-state index >= 15 is 0 Å². The molecule has 0 saturated carbocycles. The molecule has 0 fully saturated rings. The number of nitrogens with two attached hydrogens (primary N) is 1. The fourth-order valence-electron chi connectivity index (χ4n) is 1.69. The molecule has 3 N–H and O–H groups in total. The van der Waals surface area contributed by atoms with Crippen LogP contribution in [0.4, 0.5) is 0 Å². The van der Waals surface area contributed by atoms with Crippen molar-refractivity contribution in [2.45, 2.75) is 18.9 Å². The number of rotatable bonds is 2. The van der Waals surface area contributed by atoms with E-state index in [-0.39, 0.29) is 17.9 Å². The molecule has 1 aromatic carbocycles. The predicted octanol–water partition coefficient (Wildman–Crippen LogP) is 0.432. The molecule has 15 heavy (non-hydrogen) atoms. The third-order valence-corrected chi connectivity index (χ3v) is 2.32. The number of nitrogens with zero attached hydrogens (tertiary/aromatic N) is 1. The van der Waals surface area contributed by atoms with E-state index in [9.17, 15) is 4.79 Å². The normalized spacial score (nSPS) is 20.7. The molecule has 1 amide bonds. The van der Waals surface area contributed by atoms with E-state index in [1.807, 2.05) is 30.3 Å². The molecule has 1 aliphatic rings. The van der Waals surface area contributed by atoms with Crippen LogP contribution in [0.1, 0.15) is 12.0 Å². The fraction of sp³-hybridized carbons (Fsp3) is 0.273. The molecule has 4 nitrogen and oxygen atoms in total. The Balaban J connectivity index is 2.07. The van der Waals surface area contributed by atoms with Gasteiger partial charge in [-0.3, -0.25) is 10.1 Å². The van der Waals surface area contributed by atoms with E-state index in [1.165, 1.54) is 5.56 Å². The van der Waals surface area contributed by atoms with E-state index in [1.54, 1.807) is 0 Å². The maximum atomic E-state index is 11.2. The second-order valence-electron chi connectivity index (χ2n) is 3.61. The average molecular weight is 203 g/mol. The number of carbonyl (C=O) groups is 1. The zero-order chi connectivity index (χ0) is 10.7. The first-order valence-electron chi connectivity index (χ1n) is 4.91. The summed E-state index contributed by atoms with van der Waals surface area (Å²) < 4.78 is 0.